The van der Waals surface area contributed by atoms with Crippen LogP contribution >= 0.6 is 0 Å². The van der Waals surface area contributed by atoms with Gasteiger partial charge in [-0.3, -0.25) is 0 Å². The molecule has 0 saturated heterocycles. The van der Waals surface area contributed by atoms with E-state index in [0.717, 1.165) is 0 Å². The molecule has 2 N–H and O–H groups in total. The van der Waals surface area contributed by atoms with Crippen molar-refractivity contribution in [2.24, 2.45) is 0 Å². The first kappa shape index (κ1) is 12.0. The molecule has 0 radical (unpaired) electrons. The summed E-state index contributed by atoms with van der Waals surface area (Å²) >= 11 is 0. The minimum atomic E-state index is -1.47. The largest absolute Gasteiger partial charge is 0.478 e. The molecule has 1 aromatic carbocycles. The van der Waals surface area contributed by atoms with Crippen molar-refractivity contribution < 1.29 is 24.5 Å². The summed E-state index contributed by atoms with van der Waals surface area (Å²) in [6.07, 6.45) is 0. The number of carboxylic acid groups (broad SMARTS) is 2. The Bertz CT molecular complexity index is 422. The molecule has 0 aliphatic heterocycles. The van der Waals surface area contributed by atoms with E-state index in [4.69, 9.17) is 14.9 Å². The van der Waals surface area contributed by atoms with Crippen molar-refractivity contribution in [3.05, 3.63) is 29.8 Å². The maximum Gasteiger partial charge on any atom is 0.347 e. The Morgan fingerprint density at radius 1 is 1.19 bits per heavy atom. The second-order valence-electron chi connectivity index (χ2n) is 3.72. The van der Waals surface area contributed by atoms with Crippen LogP contribution in [0.15, 0.2) is 24.3 Å². The van der Waals surface area contributed by atoms with Crippen LogP contribution in [0.3, 0.4) is 0 Å². The molecule has 0 spiro atoms. The lowest BCUT2D eigenvalue weighted by Gasteiger charge is -2.22. The number of hydrogen-bond donors (Lipinski definition) is 2. The maximum atomic E-state index is 10.9. The van der Waals surface area contributed by atoms with Crippen LogP contribution in [-0.2, 0) is 4.79 Å². The molecule has 0 heterocycles. The van der Waals surface area contributed by atoms with Gasteiger partial charge in [0.25, 0.3) is 0 Å². The zero-order valence-electron chi connectivity index (χ0n) is 8.93. The summed E-state index contributed by atoms with van der Waals surface area (Å²) in [5.41, 5.74) is -1.53. The normalized spacial score (nSPS) is 10.9. The van der Waals surface area contributed by atoms with E-state index in [1.807, 2.05) is 0 Å². The number of carbonyl (C=O) groups is 2. The van der Waals surface area contributed by atoms with Gasteiger partial charge in [-0.25, -0.2) is 9.59 Å². The summed E-state index contributed by atoms with van der Waals surface area (Å²) in [7, 11) is 0. The standard InChI is InChI=1S/C11H12O5/c1-11(2,10(14)15)16-8-6-4-3-5-7(8)9(12)13/h3-6H,1-2H3,(H,12,13)(H,14,15). The van der Waals surface area contributed by atoms with Gasteiger partial charge in [0.2, 0.25) is 0 Å². The van der Waals surface area contributed by atoms with Crippen LogP contribution < -0.4 is 4.74 Å². The van der Waals surface area contributed by atoms with Crippen molar-refractivity contribution in [2.75, 3.05) is 0 Å². The third kappa shape index (κ3) is 2.50. The van der Waals surface area contributed by atoms with Gasteiger partial charge in [0.1, 0.15) is 11.3 Å². The Morgan fingerprint density at radius 2 is 1.75 bits per heavy atom. The number of aromatic carboxylic acids is 1. The van der Waals surface area contributed by atoms with Crippen LogP contribution in [0.4, 0.5) is 0 Å². The Balaban J connectivity index is 3.06. The van der Waals surface area contributed by atoms with E-state index in [2.05, 4.69) is 0 Å². The Kier molecular flexibility index (Phi) is 3.17. The summed E-state index contributed by atoms with van der Waals surface area (Å²) in [5, 5.41) is 17.7. The van der Waals surface area contributed by atoms with Crippen molar-refractivity contribution in [1.29, 1.82) is 0 Å². The van der Waals surface area contributed by atoms with Gasteiger partial charge in [0, 0.05) is 0 Å². The van der Waals surface area contributed by atoms with E-state index in [-0.39, 0.29) is 11.3 Å². The zero-order valence-corrected chi connectivity index (χ0v) is 8.93. The molecule has 0 aromatic heterocycles. The highest BCUT2D eigenvalue weighted by Crippen LogP contribution is 2.23. The van der Waals surface area contributed by atoms with Gasteiger partial charge in [-0.05, 0) is 26.0 Å². The molecule has 0 unspecified atom stereocenters. The van der Waals surface area contributed by atoms with Crippen molar-refractivity contribution in [3.8, 4) is 5.75 Å². The number of carboxylic acids is 2. The molecule has 0 aliphatic rings. The van der Waals surface area contributed by atoms with Gasteiger partial charge in [-0.2, -0.15) is 0 Å². The Labute approximate surface area is 92.3 Å². The number of hydrogen-bond acceptors (Lipinski definition) is 3. The fraction of sp³-hybridized carbons (Fsp3) is 0.273. The molecule has 0 fully saturated rings. The van der Waals surface area contributed by atoms with Gasteiger partial charge >= 0.3 is 11.9 Å². The minimum Gasteiger partial charge on any atom is -0.478 e. The second kappa shape index (κ2) is 4.22. The maximum absolute atomic E-state index is 10.9. The lowest BCUT2D eigenvalue weighted by molar-refractivity contribution is -0.152. The van der Waals surface area contributed by atoms with Crippen molar-refractivity contribution in [3.63, 3.8) is 0 Å². The molecule has 0 bridgehead atoms. The van der Waals surface area contributed by atoms with Gasteiger partial charge in [0.05, 0.1) is 0 Å². The first-order chi connectivity index (χ1) is 7.34. The monoisotopic (exact) mass is 224 g/mol. The average Bonchev–Trinajstić information content (AvgIpc) is 2.17. The number of aliphatic carboxylic acids is 1. The molecule has 1 aromatic rings. The van der Waals surface area contributed by atoms with Gasteiger partial charge in [-0.1, -0.05) is 12.1 Å². The van der Waals surface area contributed by atoms with E-state index in [1.54, 1.807) is 12.1 Å². The lowest BCUT2D eigenvalue weighted by atomic mass is 10.1. The topological polar surface area (TPSA) is 83.8 Å². The summed E-state index contributed by atoms with van der Waals surface area (Å²) < 4.78 is 5.18. The fourth-order valence-electron chi connectivity index (χ4n) is 1.05. The molecule has 5 heteroatoms. The molecule has 86 valence electrons. The van der Waals surface area contributed by atoms with Crippen LogP contribution in [0.2, 0.25) is 0 Å². The Morgan fingerprint density at radius 3 is 2.25 bits per heavy atom. The highest BCUT2D eigenvalue weighted by molar-refractivity contribution is 5.91. The van der Waals surface area contributed by atoms with E-state index in [9.17, 15) is 9.59 Å². The van der Waals surface area contributed by atoms with Crippen LogP contribution in [0.1, 0.15) is 24.2 Å². The molecule has 5 nitrogen and oxygen atoms in total. The number of rotatable bonds is 4. The minimum absolute atomic E-state index is 0.0439. The lowest BCUT2D eigenvalue weighted by Crippen LogP contribution is -2.38. The quantitative estimate of drug-likeness (QED) is 0.811. The number of ether oxygens (including phenoxy) is 1. The van der Waals surface area contributed by atoms with Crippen LogP contribution in [0.25, 0.3) is 0 Å². The van der Waals surface area contributed by atoms with Crippen LogP contribution in [0.5, 0.6) is 5.75 Å². The average molecular weight is 224 g/mol. The highest BCUT2D eigenvalue weighted by Gasteiger charge is 2.30. The Hall–Kier alpha value is -2.04. The molecular formula is C11H12O5. The van der Waals surface area contributed by atoms with Crippen molar-refractivity contribution in [2.45, 2.75) is 19.4 Å². The number of para-hydroxylation sites is 1. The fourth-order valence-corrected chi connectivity index (χ4v) is 1.05. The molecular weight excluding hydrogens is 212 g/mol. The molecule has 16 heavy (non-hydrogen) atoms. The number of benzene rings is 1. The van der Waals surface area contributed by atoms with Crippen molar-refractivity contribution >= 4 is 11.9 Å². The van der Waals surface area contributed by atoms with Crippen LogP contribution in [-0.4, -0.2) is 27.8 Å². The zero-order chi connectivity index (χ0) is 12.3. The first-order valence-electron chi connectivity index (χ1n) is 4.59. The third-order valence-electron chi connectivity index (χ3n) is 2.00. The van der Waals surface area contributed by atoms with Gasteiger partial charge in [-0.15, -0.1) is 0 Å². The summed E-state index contributed by atoms with van der Waals surface area (Å²) in [6.45, 7) is 2.71. The molecule has 0 saturated carbocycles. The van der Waals surface area contributed by atoms with Crippen LogP contribution in [0, 0.1) is 0 Å². The summed E-state index contributed by atoms with van der Waals surface area (Å²) in [5.74, 6) is -2.27. The predicted octanol–water partition coefficient (Wildman–Crippen LogP) is 1.63. The SMILES string of the molecule is CC(C)(Oc1ccccc1C(=O)O)C(=O)O. The summed E-state index contributed by atoms with van der Waals surface area (Å²) in [4.78, 5) is 21.7. The van der Waals surface area contributed by atoms with Gasteiger partial charge < -0.3 is 14.9 Å². The third-order valence-corrected chi connectivity index (χ3v) is 2.00. The molecule has 1 rings (SSSR count). The smallest absolute Gasteiger partial charge is 0.347 e. The second-order valence-corrected chi connectivity index (χ2v) is 3.72. The van der Waals surface area contributed by atoms with E-state index >= 15 is 0 Å². The molecule has 0 amide bonds. The molecule has 0 aliphatic carbocycles. The van der Waals surface area contributed by atoms with E-state index in [0.29, 0.717) is 0 Å². The highest BCUT2D eigenvalue weighted by atomic mass is 16.5. The molecule has 0 atom stereocenters. The van der Waals surface area contributed by atoms with E-state index in [1.165, 1.54) is 26.0 Å². The van der Waals surface area contributed by atoms with E-state index < -0.39 is 17.5 Å². The predicted molar refractivity (Wildman–Crippen MR) is 55.7 cm³/mol. The first-order valence-corrected chi connectivity index (χ1v) is 4.59. The van der Waals surface area contributed by atoms with Gasteiger partial charge in [0.15, 0.2) is 5.60 Å². The summed E-state index contributed by atoms with van der Waals surface area (Å²) in [6, 6.07) is 5.91. The van der Waals surface area contributed by atoms with Crippen molar-refractivity contribution in [1.82, 2.24) is 0 Å².